The van der Waals surface area contributed by atoms with E-state index in [-0.39, 0.29) is 0 Å². The summed E-state index contributed by atoms with van der Waals surface area (Å²) >= 11 is 2.06. The highest BCUT2D eigenvalue weighted by molar-refractivity contribution is 7.99. The van der Waals surface area contributed by atoms with E-state index >= 15 is 0 Å². The summed E-state index contributed by atoms with van der Waals surface area (Å²) in [5.74, 6) is 4.76. The Morgan fingerprint density at radius 2 is 1.89 bits per heavy atom. The van der Waals surface area contributed by atoms with Crippen molar-refractivity contribution < 1.29 is 0 Å². The van der Waals surface area contributed by atoms with Crippen LogP contribution >= 0.6 is 11.8 Å². The molecule has 0 spiro atoms. The molecule has 0 radical (unpaired) electrons. The number of aromatic nitrogens is 2. The van der Waals surface area contributed by atoms with Gasteiger partial charge in [-0.05, 0) is 73.4 Å². The lowest BCUT2D eigenvalue weighted by atomic mass is 9.92. The second-order valence-corrected chi connectivity index (χ2v) is 8.48. The number of fused-ring (bicyclic) bond motifs is 1. The first-order valence-corrected chi connectivity index (χ1v) is 10.6. The summed E-state index contributed by atoms with van der Waals surface area (Å²) in [4.78, 5) is 9.32. The van der Waals surface area contributed by atoms with Crippen molar-refractivity contribution in [2.75, 3.05) is 16.8 Å². The van der Waals surface area contributed by atoms with E-state index in [0.29, 0.717) is 5.92 Å². The molecule has 1 N–H and O–H groups in total. The van der Waals surface area contributed by atoms with Crippen molar-refractivity contribution in [1.29, 1.82) is 0 Å². The van der Waals surface area contributed by atoms with Gasteiger partial charge in [-0.1, -0.05) is 36.4 Å². The van der Waals surface area contributed by atoms with E-state index in [1.165, 1.54) is 35.5 Å². The summed E-state index contributed by atoms with van der Waals surface area (Å²) in [5, 5.41) is 4.52. The van der Waals surface area contributed by atoms with Gasteiger partial charge in [-0.25, -0.2) is 9.97 Å². The molecule has 0 amide bonds. The molecule has 2 aromatic carbocycles. The maximum Gasteiger partial charge on any atom is 0.142 e. The number of anilines is 1. The number of hydrogen-bond acceptors (Lipinski definition) is 4. The van der Waals surface area contributed by atoms with Crippen molar-refractivity contribution >= 4 is 34.2 Å². The Hall–Kier alpha value is -2.33. The average Bonchev–Trinajstić information content (AvgIpc) is 2.68. The topological polar surface area (TPSA) is 37.8 Å². The van der Waals surface area contributed by atoms with Crippen LogP contribution in [0.1, 0.15) is 41.3 Å². The zero-order valence-electron chi connectivity index (χ0n) is 16.0. The van der Waals surface area contributed by atoms with Crippen molar-refractivity contribution in [2.45, 2.75) is 32.6 Å². The fourth-order valence-corrected chi connectivity index (χ4v) is 4.80. The molecule has 1 aliphatic heterocycles. The number of rotatable bonds is 4. The van der Waals surface area contributed by atoms with Gasteiger partial charge in [0, 0.05) is 11.1 Å². The van der Waals surface area contributed by atoms with Crippen LogP contribution in [0.25, 0.3) is 16.6 Å². The minimum Gasteiger partial charge on any atom is -0.340 e. The van der Waals surface area contributed by atoms with Crippen LogP contribution in [0.4, 0.5) is 5.82 Å². The quantitative estimate of drug-likeness (QED) is 0.612. The van der Waals surface area contributed by atoms with Crippen LogP contribution in [0.5, 0.6) is 0 Å². The van der Waals surface area contributed by atoms with Crippen molar-refractivity contribution in [3.05, 3.63) is 71.6 Å². The lowest BCUT2D eigenvalue weighted by molar-refractivity contribution is 0.638. The van der Waals surface area contributed by atoms with Gasteiger partial charge in [0.15, 0.2) is 0 Å². The molecule has 0 bridgehead atoms. The maximum absolute atomic E-state index is 4.69. The van der Waals surface area contributed by atoms with E-state index in [4.69, 9.17) is 0 Å². The highest BCUT2D eigenvalue weighted by Gasteiger charge is 2.17. The van der Waals surface area contributed by atoms with Gasteiger partial charge in [-0.15, -0.1) is 0 Å². The van der Waals surface area contributed by atoms with Crippen molar-refractivity contribution in [1.82, 2.24) is 9.97 Å². The standard InChI is InChI=1S/C23H25N3S/c1-15-5-4-6-19(13-15)16(2)24-23-21-14-20(18-9-11-27-12-10-18)7-8-22(21)25-17(3)26-23/h4-8,13-14,18H,2,9-12H2,1,3H3,(H,24,25,26). The van der Waals surface area contributed by atoms with Crippen LogP contribution in [0.3, 0.4) is 0 Å². The van der Waals surface area contributed by atoms with Crippen LogP contribution < -0.4 is 5.32 Å². The third-order valence-electron chi connectivity index (χ3n) is 5.16. The number of hydrogen-bond donors (Lipinski definition) is 1. The van der Waals surface area contributed by atoms with Crippen LogP contribution in [-0.4, -0.2) is 21.5 Å². The molecule has 1 saturated heterocycles. The molecule has 1 aliphatic rings. The molecule has 1 fully saturated rings. The average molecular weight is 376 g/mol. The Balaban J connectivity index is 1.71. The van der Waals surface area contributed by atoms with Gasteiger partial charge in [0.2, 0.25) is 0 Å². The molecular weight excluding hydrogens is 350 g/mol. The Labute approximate surface area is 165 Å². The number of thioether (sulfide) groups is 1. The zero-order valence-corrected chi connectivity index (χ0v) is 16.8. The van der Waals surface area contributed by atoms with Crippen LogP contribution in [0.2, 0.25) is 0 Å². The zero-order chi connectivity index (χ0) is 18.8. The summed E-state index contributed by atoms with van der Waals surface area (Å²) in [5.41, 5.74) is 5.55. The lowest BCUT2D eigenvalue weighted by Crippen LogP contribution is -2.08. The first kappa shape index (κ1) is 18.1. The smallest absolute Gasteiger partial charge is 0.142 e. The molecule has 3 aromatic rings. The Bertz CT molecular complexity index is 990. The molecule has 0 unspecified atom stereocenters. The van der Waals surface area contributed by atoms with E-state index in [1.54, 1.807) is 0 Å². The Kier molecular flexibility index (Phi) is 5.17. The molecule has 0 saturated carbocycles. The van der Waals surface area contributed by atoms with Crippen LogP contribution in [-0.2, 0) is 0 Å². The summed E-state index contributed by atoms with van der Waals surface area (Å²) < 4.78 is 0. The summed E-state index contributed by atoms with van der Waals surface area (Å²) in [7, 11) is 0. The van der Waals surface area contributed by atoms with Crippen molar-refractivity contribution in [2.24, 2.45) is 0 Å². The van der Waals surface area contributed by atoms with Gasteiger partial charge in [-0.2, -0.15) is 11.8 Å². The summed E-state index contributed by atoms with van der Waals surface area (Å²) in [6.07, 6.45) is 2.50. The number of benzene rings is 2. The van der Waals surface area contributed by atoms with Gasteiger partial charge < -0.3 is 5.32 Å². The predicted octanol–water partition coefficient (Wildman–Crippen LogP) is 5.94. The first-order chi connectivity index (χ1) is 13.1. The van der Waals surface area contributed by atoms with E-state index in [1.807, 2.05) is 6.92 Å². The normalized spacial score (nSPS) is 15.0. The Morgan fingerprint density at radius 3 is 2.67 bits per heavy atom. The van der Waals surface area contributed by atoms with Crippen molar-refractivity contribution in [3.8, 4) is 0 Å². The van der Waals surface area contributed by atoms with E-state index in [9.17, 15) is 0 Å². The molecule has 4 rings (SSSR count). The van der Waals surface area contributed by atoms with Gasteiger partial charge in [-0.3, -0.25) is 0 Å². The molecular formula is C23H25N3S. The minimum absolute atomic E-state index is 0.643. The summed E-state index contributed by atoms with van der Waals surface area (Å²) in [6.45, 7) is 8.27. The number of aryl methyl sites for hydroxylation is 2. The van der Waals surface area contributed by atoms with Crippen LogP contribution in [0, 0.1) is 13.8 Å². The molecule has 27 heavy (non-hydrogen) atoms. The fraction of sp³-hybridized carbons (Fsp3) is 0.304. The maximum atomic E-state index is 4.69. The van der Waals surface area contributed by atoms with E-state index < -0.39 is 0 Å². The third kappa shape index (κ3) is 4.01. The Morgan fingerprint density at radius 1 is 1.07 bits per heavy atom. The first-order valence-electron chi connectivity index (χ1n) is 9.49. The van der Waals surface area contributed by atoms with Gasteiger partial charge in [0.05, 0.1) is 5.52 Å². The highest BCUT2D eigenvalue weighted by atomic mass is 32.2. The van der Waals surface area contributed by atoms with Crippen molar-refractivity contribution in [3.63, 3.8) is 0 Å². The third-order valence-corrected chi connectivity index (χ3v) is 6.21. The second kappa shape index (κ2) is 7.73. The summed E-state index contributed by atoms with van der Waals surface area (Å²) in [6, 6.07) is 15.0. The van der Waals surface area contributed by atoms with Gasteiger partial charge >= 0.3 is 0 Å². The SMILES string of the molecule is C=C(Nc1nc(C)nc2ccc(C3CCSCC3)cc12)c1cccc(C)c1. The number of nitrogens with one attached hydrogen (secondary N) is 1. The highest BCUT2D eigenvalue weighted by Crippen LogP contribution is 2.34. The molecule has 3 nitrogen and oxygen atoms in total. The molecule has 4 heteroatoms. The minimum atomic E-state index is 0.643. The molecule has 2 heterocycles. The molecule has 1 aromatic heterocycles. The molecule has 0 atom stereocenters. The monoisotopic (exact) mass is 375 g/mol. The second-order valence-electron chi connectivity index (χ2n) is 7.26. The predicted molar refractivity (Wildman–Crippen MR) is 117 cm³/mol. The fourth-order valence-electron chi connectivity index (χ4n) is 3.69. The molecule has 138 valence electrons. The largest absolute Gasteiger partial charge is 0.340 e. The van der Waals surface area contributed by atoms with E-state index in [0.717, 1.165) is 33.8 Å². The van der Waals surface area contributed by atoms with E-state index in [2.05, 4.69) is 83.0 Å². The molecule has 0 aliphatic carbocycles. The van der Waals surface area contributed by atoms with Gasteiger partial charge in [0.25, 0.3) is 0 Å². The lowest BCUT2D eigenvalue weighted by Gasteiger charge is -2.22. The number of nitrogens with zero attached hydrogens (tertiary/aromatic N) is 2. The van der Waals surface area contributed by atoms with Gasteiger partial charge in [0.1, 0.15) is 11.6 Å². The van der Waals surface area contributed by atoms with Crippen LogP contribution in [0.15, 0.2) is 49.0 Å².